The second-order valence-electron chi connectivity index (χ2n) is 6.44. The second-order valence-corrected chi connectivity index (χ2v) is 9.32. The lowest BCUT2D eigenvalue weighted by Gasteiger charge is -2.32. The van der Waals surface area contributed by atoms with E-state index in [4.69, 9.17) is 0 Å². The van der Waals surface area contributed by atoms with Crippen LogP contribution in [0, 0.1) is 5.92 Å². The van der Waals surface area contributed by atoms with Gasteiger partial charge in [0.2, 0.25) is 0 Å². The Morgan fingerprint density at radius 2 is 2.14 bits per heavy atom. The van der Waals surface area contributed by atoms with Crippen molar-refractivity contribution in [3.8, 4) is 0 Å². The first-order valence-electron chi connectivity index (χ1n) is 8.02. The first kappa shape index (κ1) is 14.7. The molecular weight excluding hydrogens is 276 g/mol. The van der Waals surface area contributed by atoms with Crippen LogP contribution in [0.3, 0.4) is 0 Å². The summed E-state index contributed by atoms with van der Waals surface area (Å²) in [5.41, 5.74) is 2.98. The van der Waals surface area contributed by atoms with Crippen molar-refractivity contribution in [2.75, 3.05) is 5.75 Å². The highest BCUT2D eigenvalue weighted by atomic mass is 32.3. The molecule has 0 aromatic carbocycles. The molecule has 1 atom stereocenters. The Balaban J connectivity index is 1.89. The van der Waals surface area contributed by atoms with E-state index in [1.165, 1.54) is 37.7 Å². The van der Waals surface area contributed by atoms with Crippen LogP contribution in [0.5, 0.6) is 0 Å². The molecule has 1 aliphatic carbocycles. The molecule has 0 spiro atoms. The number of nitrogens with zero attached hydrogens (tertiary/aromatic N) is 2. The fraction of sp³-hybridized carbons (Fsp3) is 0.500. The van der Waals surface area contributed by atoms with Crippen LogP contribution in [0.15, 0.2) is 52.8 Å². The summed E-state index contributed by atoms with van der Waals surface area (Å²) in [6, 6.07) is 0. The van der Waals surface area contributed by atoms with Crippen molar-refractivity contribution in [1.82, 2.24) is 8.96 Å². The Morgan fingerprint density at radius 1 is 1.33 bits per heavy atom. The Hall–Kier alpha value is -1.22. The van der Waals surface area contributed by atoms with Crippen molar-refractivity contribution in [3.05, 3.63) is 52.8 Å². The minimum atomic E-state index is -1.05. The van der Waals surface area contributed by atoms with Crippen molar-refractivity contribution >= 4 is 10.2 Å². The number of imidazole rings is 1. The standard InChI is InChI=1S/C18H26N2S/c1-16(2)8-12-21(20-11-10-19-15-20)13-9-18(14-21)17-6-4-3-5-7-17/h8-11,13-15,17H,3-7,12H2,1-2H3. The highest BCUT2D eigenvalue weighted by Crippen LogP contribution is 2.58. The largest absolute Gasteiger partial charge is 0.292 e. The lowest BCUT2D eigenvalue weighted by molar-refractivity contribution is 0.409. The summed E-state index contributed by atoms with van der Waals surface area (Å²) in [6.45, 7) is 4.37. The fourth-order valence-electron chi connectivity index (χ4n) is 3.25. The molecule has 1 unspecified atom stereocenters. The van der Waals surface area contributed by atoms with Crippen molar-refractivity contribution in [1.29, 1.82) is 0 Å². The number of allylic oxidation sites excluding steroid dienone is 3. The van der Waals surface area contributed by atoms with Crippen molar-refractivity contribution in [2.24, 2.45) is 5.92 Å². The topological polar surface area (TPSA) is 17.8 Å². The van der Waals surface area contributed by atoms with E-state index in [2.05, 4.69) is 52.0 Å². The summed E-state index contributed by atoms with van der Waals surface area (Å²) in [5, 5.41) is 5.03. The van der Waals surface area contributed by atoms with Gasteiger partial charge in [-0.25, -0.2) is 4.98 Å². The summed E-state index contributed by atoms with van der Waals surface area (Å²) in [6.07, 6.45) is 17.8. The van der Waals surface area contributed by atoms with Crippen LogP contribution in [0.2, 0.25) is 0 Å². The van der Waals surface area contributed by atoms with Gasteiger partial charge in [-0.3, -0.25) is 3.97 Å². The number of aromatic nitrogens is 2. The maximum Gasteiger partial charge on any atom is 0.104 e. The Bertz CT molecular complexity index is 558. The molecule has 2 aliphatic rings. The molecule has 0 bridgehead atoms. The van der Waals surface area contributed by atoms with Gasteiger partial charge in [0.05, 0.1) is 0 Å². The Kier molecular flexibility index (Phi) is 4.39. The van der Waals surface area contributed by atoms with Crippen LogP contribution in [-0.2, 0) is 0 Å². The van der Waals surface area contributed by atoms with E-state index in [1.54, 1.807) is 5.57 Å². The molecule has 1 aromatic heterocycles. The fourth-order valence-corrected chi connectivity index (χ4v) is 6.21. The summed E-state index contributed by atoms with van der Waals surface area (Å²) in [4.78, 5) is 4.28. The zero-order valence-electron chi connectivity index (χ0n) is 13.2. The molecule has 21 heavy (non-hydrogen) atoms. The zero-order chi connectivity index (χ0) is 14.7. The molecule has 0 radical (unpaired) electrons. The second kappa shape index (κ2) is 6.27. The van der Waals surface area contributed by atoms with Gasteiger partial charge in [-0.05, 0) is 49.0 Å². The summed E-state index contributed by atoms with van der Waals surface area (Å²) >= 11 is 0. The Labute approximate surface area is 130 Å². The van der Waals surface area contributed by atoms with Crippen molar-refractivity contribution < 1.29 is 0 Å². The summed E-state index contributed by atoms with van der Waals surface area (Å²) < 4.78 is 2.33. The molecule has 1 aliphatic heterocycles. The van der Waals surface area contributed by atoms with Gasteiger partial charge in [-0.1, -0.05) is 37.0 Å². The molecule has 2 nitrogen and oxygen atoms in total. The van der Waals surface area contributed by atoms with Gasteiger partial charge in [0.15, 0.2) is 0 Å². The van der Waals surface area contributed by atoms with E-state index in [0.717, 1.165) is 11.7 Å². The van der Waals surface area contributed by atoms with Crippen LogP contribution in [0.25, 0.3) is 0 Å². The molecule has 0 amide bonds. The highest BCUT2D eigenvalue weighted by molar-refractivity contribution is 8.37. The van der Waals surface area contributed by atoms with Gasteiger partial charge in [0.25, 0.3) is 0 Å². The van der Waals surface area contributed by atoms with Gasteiger partial charge >= 0.3 is 0 Å². The molecular formula is C18H26N2S. The average molecular weight is 302 g/mol. The van der Waals surface area contributed by atoms with Crippen LogP contribution < -0.4 is 0 Å². The molecule has 0 saturated heterocycles. The molecule has 1 fully saturated rings. The predicted molar refractivity (Wildman–Crippen MR) is 93.3 cm³/mol. The normalized spacial score (nSPS) is 29.0. The summed E-state index contributed by atoms with van der Waals surface area (Å²) in [5.74, 6) is 1.89. The SMILES string of the molecule is CC(C)=CCS1(n2ccnc2)C=CC(C2CCCCC2)=C1. The molecule has 1 aromatic rings. The maximum atomic E-state index is 4.28. The molecule has 3 heteroatoms. The van der Waals surface area contributed by atoms with Crippen molar-refractivity contribution in [2.45, 2.75) is 46.0 Å². The van der Waals surface area contributed by atoms with E-state index in [9.17, 15) is 0 Å². The third kappa shape index (κ3) is 3.18. The Morgan fingerprint density at radius 3 is 2.81 bits per heavy atom. The molecule has 1 saturated carbocycles. The monoisotopic (exact) mass is 302 g/mol. The van der Waals surface area contributed by atoms with Crippen molar-refractivity contribution in [3.63, 3.8) is 0 Å². The first-order valence-corrected chi connectivity index (χ1v) is 9.91. The minimum Gasteiger partial charge on any atom is -0.292 e. The maximum absolute atomic E-state index is 4.28. The highest BCUT2D eigenvalue weighted by Gasteiger charge is 2.27. The smallest absolute Gasteiger partial charge is 0.104 e. The van der Waals surface area contributed by atoms with Crippen LogP contribution >= 0.6 is 10.2 Å². The zero-order valence-corrected chi connectivity index (χ0v) is 14.0. The summed E-state index contributed by atoms with van der Waals surface area (Å²) in [7, 11) is -1.05. The van der Waals surface area contributed by atoms with Gasteiger partial charge in [-0.15, -0.1) is 10.2 Å². The first-order chi connectivity index (χ1) is 10.2. The molecule has 114 valence electrons. The average Bonchev–Trinajstić information content (AvgIpc) is 3.16. The predicted octanol–water partition coefficient (Wildman–Crippen LogP) is 5.41. The van der Waals surface area contributed by atoms with E-state index in [1.807, 2.05) is 12.5 Å². The van der Waals surface area contributed by atoms with E-state index >= 15 is 0 Å². The minimum absolute atomic E-state index is 0.791. The number of rotatable bonds is 4. The van der Waals surface area contributed by atoms with E-state index in [-0.39, 0.29) is 0 Å². The van der Waals surface area contributed by atoms with Crippen LogP contribution in [0.1, 0.15) is 46.0 Å². The molecule has 2 heterocycles. The lowest BCUT2D eigenvalue weighted by Crippen LogP contribution is -2.09. The van der Waals surface area contributed by atoms with Crippen LogP contribution in [0.4, 0.5) is 0 Å². The molecule has 0 N–H and O–H groups in total. The van der Waals surface area contributed by atoms with Crippen LogP contribution in [-0.4, -0.2) is 14.7 Å². The number of hydrogen-bond donors (Lipinski definition) is 0. The van der Waals surface area contributed by atoms with Gasteiger partial charge in [0, 0.05) is 18.1 Å². The van der Waals surface area contributed by atoms with Gasteiger partial charge < -0.3 is 0 Å². The third-order valence-electron chi connectivity index (χ3n) is 4.54. The third-order valence-corrected chi connectivity index (χ3v) is 7.53. The number of hydrogen-bond acceptors (Lipinski definition) is 1. The molecule has 3 rings (SSSR count). The van der Waals surface area contributed by atoms with E-state index < -0.39 is 10.2 Å². The van der Waals surface area contributed by atoms with E-state index in [0.29, 0.717) is 0 Å². The quantitative estimate of drug-likeness (QED) is 0.680. The van der Waals surface area contributed by atoms with Gasteiger partial charge in [0.1, 0.15) is 6.33 Å². The van der Waals surface area contributed by atoms with Gasteiger partial charge in [-0.2, -0.15) is 0 Å². The lowest BCUT2D eigenvalue weighted by atomic mass is 9.84.